The number of Topliss-reactive ketones (excluding diaryl/α,β-unsaturated/α-hetero) is 1. The van der Waals surface area contributed by atoms with Crippen LogP contribution in [0.1, 0.15) is 155 Å². The van der Waals surface area contributed by atoms with Gasteiger partial charge in [-0.15, -0.1) is 0 Å². The Balaban J connectivity index is 1.15. The normalized spacial score (nSPS) is 29.3. The number of rotatable bonds is 0. The van der Waals surface area contributed by atoms with Crippen LogP contribution in [0.4, 0.5) is 0 Å². The summed E-state index contributed by atoms with van der Waals surface area (Å²) in [6, 6.07) is 0. The minimum Gasteiger partial charge on any atom is -0.294 e. The minimum atomic E-state index is 0.160. The monoisotopic (exact) mass is 600 g/mol. The lowest BCUT2D eigenvalue weighted by molar-refractivity contribution is 0.0884. The standard InChI is InChI=1S/C45H44O/c46-45-42-32-18-6-12-26(32)25-11-5-17-31(25)40(42)44-41-35(19-34-28-14-2-8-22(28)24-10-4-16-30(24)38(34)41)39-36(43(44)45)20-33-27-13-1-7-21(27)23-9-3-15-29(23)37(33)39/h36,41,43-44H,1-20H2/t36-,41-,43-,44+/m1/s1. The molecule has 0 amide bonds. The van der Waals surface area contributed by atoms with Crippen molar-refractivity contribution < 1.29 is 4.79 Å². The van der Waals surface area contributed by atoms with Gasteiger partial charge in [-0.1, -0.05) is 5.57 Å². The summed E-state index contributed by atoms with van der Waals surface area (Å²) in [7, 11) is 0. The second kappa shape index (κ2) is 8.37. The fourth-order valence-electron chi connectivity index (χ4n) is 14.7. The lowest BCUT2D eigenvalue weighted by atomic mass is 9.62. The molecule has 0 fully saturated rings. The molecule has 13 rings (SSSR count). The van der Waals surface area contributed by atoms with Gasteiger partial charge >= 0.3 is 0 Å². The molecule has 10 aliphatic carbocycles. The number of fused-ring (bicyclic) bond motifs is 26. The molecule has 0 unspecified atom stereocenters. The summed E-state index contributed by atoms with van der Waals surface area (Å²) in [5.74, 6) is 2.02. The summed E-state index contributed by atoms with van der Waals surface area (Å²) in [6.07, 6.45) is 25.6. The number of hydrogen-bond acceptors (Lipinski definition) is 1. The van der Waals surface area contributed by atoms with Crippen molar-refractivity contribution in [3.8, 4) is 0 Å². The molecule has 0 saturated carbocycles. The minimum absolute atomic E-state index is 0.160. The summed E-state index contributed by atoms with van der Waals surface area (Å²) >= 11 is 0. The highest BCUT2D eigenvalue weighted by atomic mass is 16.1. The van der Waals surface area contributed by atoms with Gasteiger partial charge < -0.3 is 0 Å². The maximum absolute atomic E-state index is 15.5. The van der Waals surface area contributed by atoms with Crippen molar-refractivity contribution >= 4 is 11.4 Å². The molecule has 230 valence electrons. The van der Waals surface area contributed by atoms with Gasteiger partial charge in [-0.05, 0) is 234 Å². The highest BCUT2D eigenvalue weighted by Crippen LogP contribution is 2.69. The van der Waals surface area contributed by atoms with Crippen LogP contribution < -0.4 is 0 Å². The lowest BCUT2D eigenvalue weighted by Crippen LogP contribution is -2.33. The largest absolute Gasteiger partial charge is 0.294 e. The first kappa shape index (κ1) is 25.1. The van der Waals surface area contributed by atoms with E-state index in [2.05, 4.69) is 0 Å². The molecular formula is C45H44O. The number of allylic oxidation sites excluding steroid dienone is 2. The third-order valence-electron chi connectivity index (χ3n) is 15.8. The van der Waals surface area contributed by atoms with E-state index in [9.17, 15) is 0 Å². The first-order chi connectivity index (χ1) is 22.8. The van der Waals surface area contributed by atoms with E-state index in [0.29, 0.717) is 23.5 Å². The number of benzene rings is 3. The van der Waals surface area contributed by atoms with Crippen molar-refractivity contribution in [2.75, 3.05) is 0 Å². The number of ketones is 1. The van der Waals surface area contributed by atoms with Crippen LogP contribution in [0.2, 0.25) is 0 Å². The molecule has 4 atom stereocenters. The van der Waals surface area contributed by atoms with Crippen LogP contribution in [0, 0.1) is 11.8 Å². The van der Waals surface area contributed by atoms with Gasteiger partial charge in [0.2, 0.25) is 0 Å². The third-order valence-corrected chi connectivity index (χ3v) is 15.8. The van der Waals surface area contributed by atoms with Gasteiger partial charge in [0.15, 0.2) is 5.78 Å². The zero-order valence-electron chi connectivity index (χ0n) is 27.4. The molecule has 3 aromatic rings. The van der Waals surface area contributed by atoms with E-state index < -0.39 is 0 Å². The molecule has 0 aliphatic heterocycles. The second-order valence-corrected chi connectivity index (χ2v) is 17.2. The van der Waals surface area contributed by atoms with E-state index in [4.69, 9.17) is 0 Å². The Morgan fingerprint density at radius 1 is 0.391 bits per heavy atom. The van der Waals surface area contributed by atoms with E-state index in [-0.39, 0.29) is 5.92 Å². The molecule has 0 aromatic heterocycles. The van der Waals surface area contributed by atoms with Gasteiger partial charge in [-0.2, -0.15) is 0 Å². The van der Waals surface area contributed by atoms with Gasteiger partial charge in [0.1, 0.15) is 0 Å². The van der Waals surface area contributed by atoms with Crippen LogP contribution in [0.15, 0.2) is 5.57 Å². The van der Waals surface area contributed by atoms with Crippen LogP contribution in [0.5, 0.6) is 0 Å². The molecule has 0 spiro atoms. The fraction of sp³-hybridized carbons (Fsp3) is 0.533. The predicted octanol–water partition coefficient (Wildman–Crippen LogP) is 8.49. The smallest absolute Gasteiger partial charge is 0.167 e. The number of carbonyl (C=O) groups excluding carboxylic acids is 1. The van der Waals surface area contributed by atoms with Crippen molar-refractivity contribution in [3.05, 3.63) is 106 Å². The fourth-order valence-corrected chi connectivity index (χ4v) is 14.7. The quantitative estimate of drug-likeness (QED) is 0.253. The summed E-state index contributed by atoms with van der Waals surface area (Å²) < 4.78 is 0. The first-order valence-electron chi connectivity index (χ1n) is 19.6. The Bertz CT molecular complexity index is 2100. The van der Waals surface area contributed by atoms with Crippen molar-refractivity contribution in [1.82, 2.24) is 0 Å². The van der Waals surface area contributed by atoms with Crippen LogP contribution >= 0.6 is 0 Å². The van der Waals surface area contributed by atoms with Crippen molar-refractivity contribution in [3.63, 3.8) is 0 Å². The Morgan fingerprint density at radius 2 is 0.826 bits per heavy atom. The summed E-state index contributed by atoms with van der Waals surface area (Å²) in [5, 5.41) is 0. The first-order valence-corrected chi connectivity index (χ1v) is 19.6. The second-order valence-electron chi connectivity index (χ2n) is 17.2. The Hall–Kier alpha value is -2.93. The van der Waals surface area contributed by atoms with Crippen LogP contribution in [-0.2, 0) is 89.9 Å². The van der Waals surface area contributed by atoms with E-state index in [1.165, 1.54) is 127 Å². The molecule has 10 aliphatic rings. The van der Waals surface area contributed by atoms with Gasteiger partial charge in [0.25, 0.3) is 0 Å². The van der Waals surface area contributed by atoms with Crippen LogP contribution in [0.3, 0.4) is 0 Å². The van der Waals surface area contributed by atoms with Crippen molar-refractivity contribution in [2.24, 2.45) is 11.8 Å². The Labute approximate surface area is 273 Å². The molecule has 1 nitrogen and oxygen atoms in total. The molecule has 1 heteroatoms. The van der Waals surface area contributed by atoms with Gasteiger partial charge in [-0.3, -0.25) is 4.79 Å². The average Bonchev–Trinajstić information content (AvgIpc) is 3.90. The molecule has 3 aromatic carbocycles. The van der Waals surface area contributed by atoms with Crippen LogP contribution in [0.25, 0.3) is 5.57 Å². The Morgan fingerprint density at radius 3 is 1.43 bits per heavy atom. The van der Waals surface area contributed by atoms with Gasteiger partial charge in [0, 0.05) is 23.3 Å². The molecule has 0 heterocycles. The molecule has 0 bridgehead atoms. The summed E-state index contributed by atoms with van der Waals surface area (Å²) in [4.78, 5) is 15.5. The SMILES string of the molecule is O=C1c2c3c(c4c(c2[C@@H]2[C@H]1[C@@H]1Cc5c6c(c7c(c5C1=C1Cc5c8c(c9c(c5[C@@H]12)CCC9)CCC8)CCC7)CCC6)CCC4)CCC3. The summed E-state index contributed by atoms with van der Waals surface area (Å²) in [6.45, 7) is 0. The molecule has 0 saturated heterocycles. The van der Waals surface area contributed by atoms with Crippen molar-refractivity contribution in [1.29, 1.82) is 0 Å². The molecule has 46 heavy (non-hydrogen) atoms. The third kappa shape index (κ3) is 2.67. The van der Waals surface area contributed by atoms with Gasteiger partial charge in [-0.25, -0.2) is 0 Å². The molecule has 0 N–H and O–H groups in total. The predicted molar refractivity (Wildman–Crippen MR) is 183 cm³/mol. The van der Waals surface area contributed by atoms with Crippen molar-refractivity contribution in [2.45, 2.75) is 140 Å². The molecule has 0 radical (unpaired) electrons. The zero-order valence-corrected chi connectivity index (χ0v) is 27.4. The van der Waals surface area contributed by atoms with E-state index in [1.54, 1.807) is 94.6 Å². The Kier molecular flexibility index (Phi) is 4.57. The highest BCUT2D eigenvalue weighted by molar-refractivity contribution is 6.08. The highest BCUT2D eigenvalue weighted by Gasteiger charge is 2.60. The average molecular weight is 601 g/mol. The number of hydrogen-bond donors (Lipinski definition) is 0. The van der Waals surface area contributed by atoms with E-state index >= 15 is 4.79 Å². The topological polar surface area (TPSA) is 17.1 Å². The zero-order chi connectivity index (χ0) is 29.6. The maximum atomic E-state index is 15.5. The van der Waals surface area contributed by atoms with E-state index in [1.807, 2.05) is 5.57 Å². The van der Waals surface area contributed by atoms with E-state index in [0.717, 1.165) is 12.8 Å². The number of carbonyl (C=O) groups is 1. The van der Waals surface area contributed by atoms with Crippen LogP contribution in [-0.4, -0.2) is 5.78 Å². The van der Waals surface area contributed by atoms with Gasteiger partial charge in [0.05, 0.1) is 0 Å². The molecular weight excluding hydrogens is 556 g/mol. The summed E-state index contributed by atoms with van der Waals surface area (Å²) in [5.41, 5.74) is 34.3. The lowest BCUT2D eigenvalue weighted by Gasteiger charge is -2.39. The maximum Gasteiger partial charge on any atom is 0.167 e.